The van der Waals surface area contributed by atoms with Crippen molar-refractivity contribution in [2.75, 3.05) is 0 Å². The van der Waals surface area contributed by atoms with Crippen LogP contribution in [0.1, 0.15) is 112 Å². The van der Waals surface area contributed by atoms with Crippen LogP contribution in [0.15, 0.2) is 5.16 Å². The number of rotatable bonds is 6. The smallest absolute Gasteiger partial charge is 0.136 e. The maximum atomic E-state index is 12.3. The van der Waals surface area contributed by atoms with Gasteiger partial charge in [0.05, 0.1) is 5.71 Å². The Labute approximate surface area is 202 Å². The molecule has 4 nitrogen and oxygen atoms in total. The van der Waals surface area contributed by atoms with Crippen LogP contribution in [0.5, 0.6) is 0 Å². The van der Waals surface area contributed by atoms with Gasteiger partial charge in [0.25, 0.3) is 0 Å². The summed E-state index contributed by atoms with van der Waals surface area (Å²) in [6, 6.07) is 0. The van der Waals surface area contributed by atoms with Gasteiger partial charge in [-0.2, -0.15) is 0 Å². The minimum absolute atomic E-state index is 0.108. The maximum absolute atomic E-state index is 12.3. The van der Waals surface area contributed by atoms with Crippen LogP contribution in [0, 0.1) is 52.3 Å². The first-order valence-electron chi connectivity index (χ1n) is 14.0. The molecule has 4 rings (SSSR count). The van der Waals surface area contributed by atoms with Crippen molar-refractivity contribution in [1.82, 2.24) is 0 Å². The molecule has 0 aromatic rings. The molecule has 4 heteroatoms. The lowest BCUT2D eigenvalue weighted by Crippen LogP contribution is -2.66. The number of hydrogen-bond acceptors (Lipinski definition) is 4. The second-order valence-corrected chi connectivity index (χ2v) is 13.3. The van der Waals surface area contributed by atoms with Gasteiger partial charge < -0.3 is 10.3 Å². The zero-order valence-electron chi connectivity index (χ0n) is 22.1. The summed E-state index contributed by atoms with van der Waals surface area (Å²) in [7, 11) is 0. The van der Waals surface area contributed by atoms with Crippen molar-refractivity contribution in [1.29, 1.82) is 0 Å². The third kappa shape index (κ3) is 3.81. The Balaban J connectivity index is 1.55. The highest BCUT2D eigenvalue weighted by Gasteiger charge is 2.67. The zero-order chi connectivity index (χ0) is 24.2. The number of carbonyl (C=O) groups excluding carboxylic acids is 1. The SMILES string of the molecule is CC[C@H](CC[C@@H](C)[C@H]1CC[C@H]2[C@@H]3C/C(=N\O)[C@@]4(O)CC(=O)CC[C@]4(C)[C@H]3CC[C@]12C)C(C)C. The topological polar surface area (TPSA) is 69.9 Å². The molecule has 0 heterocycles. The Morgan fingerprint density at radius 1 is 1.06 bits per heavy atom. The first kappa shape index (κ1) is 25.2. The molecule has 4 fully saturated rings. The van der Waals surface area contributed by atoms with Crippen molar-refractivity contribution in [2.45, 2.75) is 118 Å². The van der Waals surface area contributed by atoms with Gasteiger partial charge in [-0.25, -0.2) is 0 Å². The third-order valence-corrected chi connectivity index (χ3v) is 11.8. The van der Waals surface area contributed by atoms with Gasteiger partial charge in [0.15, 0.2) is 0 Å². The first-order chi connectivity index (χ1) is 15.5. The summed E-state index contributed by atoms with van der Waals surface area (Å²) in [4.78, 5) is 12.3. The lowest BCUT2D eigenvalue weighted by Gasteiger charge is -2.63. The van der Waals surface area contributed by atoms with Crippen LogP contribution >= 0.6 is 0 Å². The summed E-state index contributed by atoms with van der Waals surface area (Å²) in [6.45, 7) is 14.3. The van der Waals surface area contributed by atoms with Crippen molar-refractivity contribution < 1.29 is 15.1 Å². The van der Waals surface area contributed by atoms with Crippen molar-refractivity contribution in [2.24, 2.45) is 57.4 Å². The van der Waals surface area contributed by atoms with Gasteiger partial charge in [-0.3, -0.25) is 4.79 Å². The highest BCUT2D eigenvalue weighted by Crippen LogP contribution is 2.68. The van der Waals surface area contributed by atoms with E-state index >= 15 is 0 Å². The van der Waals surface area contributed by atoms with Gasteiger partial charge in [-0.1, -0.05) is 59.5 Å². The normalized spacial score (nSPS) is 46.1. The molecule has 0 aromatic carbocycles. The minimum atomic E-state index is -1.26. The number of Topliss-reactive ketones (excluding diaryl/α,β-unsaturated/α-hetero) is 1. The van der Waals surface area contributed by atoms with Crippen LogP contribution in [0.2, 0.25) is 0 Å². The standard InChI is InChI=1S/C29H49NO3/c1-7-20(18(2)3)9-8-19(4)23-10-11-24-22-16-26(30-33)29(32)17-21(31)12-15-28(29,6)25(22)13-14-27(23,24)5/h18-20,22-25,32-33H,7-17H2,1-6H3/b30-26+/t19-,20-,22+,23-,24+,25+,27-,28-,29+/m1/s1. The van der Waals surface area contributed by atoms with Gasteiger partial charge in [-0.05, 0) is 91.8 Å². The molecule has 0 bridgehead atoms. The largest absolute Gasteiger partial charge is 0.411 e. The highest BCUT2D eigenvalue weighted by molar-refractivity contribution is 5.99. The zero-order valence-corrected chi connectivity index (χ0v) is 22.1. The number of hydrogen-bond donors (Lipinski definition) is 2. The van der Waals surface area contributed by atoms with E-state index in [1.165, 1.54) is 38.5 Å². The average molecular weight is 460 g/mol. The fourth-order valence-electron chi connectivity index (χ4n) is 9.65. The van der Waals surface area contributed by atoms with Crippen LogP contribution in [0.25, 0.3) is 0 Å². The second kappa shape index (κ2) is 8.95. The Morgan fingerprint density at radius 3 is 2.42 bits per heavy atom. The molecular formula is C29H49NO3. The number of aliphatic hydroxyl groups is 1. The summed E-state index contributed by atoms with van der Waals surface area (Å²) in [5.41, 5.74) is -0.787. The number of carbonyl (C=O) groups is 1. The molecular weight excluding hydrogens is 410 g/mol. The number of ketones is 1. The lowest BCUT2D eigenvalue weighted by molar-refractivity contribution is -0.163. The van der Waals surface area contributed by atoms with Gasteiger partial charge in [0.2, 0.25) is 0 Å². The predicted octanol–water partition coefficient (Wildman–Crippen LogP) is 6.87. The summed E-state index contributed by atoms with van der Waals surface area (Å²) < 4.78 is 0. The Morgan fingerprint density at radius 2 is 1.79 bits per heavy atom. The molecule has 0 spiro atoms. The molecule has 0 radical (unpaired) electrons. The molecule has 4 saturated carbocycles. The van der Waals surface area contributed by atoms with Crippen molar-refractivity contribution in [3.63, 3.8) is 0 Å². The molecule has 4 aliphatic rings. The Bertz CT molecular complexity index is 777. The van der Waals surface area contributed by atoms with E-state index in [1.807, 2.05) is 0 Å². The first-order valence-corrected chi connectivity index (χ1v) is 14.0. The fraction of sp³-hybridized carbons (Fsp3) is 0.931. The van der Waals surface area contributed by atoms with E-state index in [9.17, 15) is 15.1 Å². The van der Waals surface area contributed by atoms with Crippen LogP contribution in [0.4, 0.5) is 0 Å². The quantitative estimate of drug-likeness (QED) is 0.336. The summed E-state index contributed by atoms with van der Waals surface area (Å²) in [5, 5.41) is 25.3. The van der Waals surface area contributed by atoms with Crippen molar-refractivity contribution in [3.8, 4) is 0 Å². The number of fused-ring (bicyclic) bond motifs is 5. The second-order valence-electron chi connectivity index (χ2n) is 13.3. The molecule has 0 amide bonds. The summed E-state index contributed by atoms with van der Waals surface area (Å²) >= 11 is 0. The Hall–Kier alpha value is -0.900. The molecule has 33 heavy (non-hydrogen) atoms. The van der Waals surface area contributed by atoms with Crippen molar-refractivity contribution in [3.05, 3.63) is 0 Å². The Kier molecular flexibility index (Phi) is 6.84. The molecule has 0 aliphatic heterocycles. The minimum Gasteiger partial charge on any atom is -0.411 e. The molecule has 0 aromatic heterocycles. The third-order valence-electron chi connectivity index (χ3n) is 11.8. The number of nitrogens with zero attached hydrogens (tertiary/aromatic N) is 1. The van der Waals surface area contributed by atoms with Gasteiger partial charge in [0, 0.05) is 18.3 Å². The maximum Gasteiger partial charge on any atom is 0.136 e. The average Bonchev–Trinajstić information content (AvgIpc) is 3.11. The van der Waals surface area contributed by atoms with Gasteiger partial charge in [-0.15, -0.1) is 0 Å². The monoisotopic (exact) mass is 459 g/mol. The van der Waals surface area contributed by atoms with Crippen LogP contribution in [-0.4, -0.2) is 27.4 Å². The van der Waals surface area contributed by atoms with Crippen LogP contribution in [0.3, 0.4) is 0 Å². The number of oxime groups is 1. The van der Waals surface area contributed by atoms with E-state index in [0.717, 1.165) is 36.5 Å². The molecule has 9 atom stereocenters. The van der Waals surface area contributed by atoms with Crippen LogP contribution in [-0.2, 0) is 4.79 Å². The predicted molar refractivity (Wildman–Crippen MR) is 133 cm³/mol. The molecule has 0 unspecified atom stereocenters. The lowest BCUT2D eigenvalue weighted by atomic mass is 9.42. The molecule has 0 saturated heterocycles. The van der Waals surface area contributed by atoms with E-state index in [0.29, 0.717) is 41.7 Å². The summed E-state index contributed by atoms with van der Waals surface area (Å²) in [5.74, 6) is 4.74. The van der Waals surface area contributed by atoms with E-state index in [1.54, 1.807) is 0 Å². The molecule has 188 valence electrons. The van der Waals surface area contributed by atoms with E-state index in [4.69, 9.17) is 0 Å². The molecule has 2 N–H and O–H groups in total. The highest BCUT2D eigenvalue weighted by atomic mass is 16.4. The summed E-state index contributed by atoms with van der Waals surface area (Å²) in [6.07, 6.45) is 11.0. The van der Waals surface area contributed by atoms with E-state index in [2.05, 4.69) is 46.7 Å². The fourth-order valence-corrected chi connectivity index (χ4v) is 9.65. The van der Waals surface area contributed by atoms with Crippen LogP contribution < -0.4 is 0 Å². The van der Waals surface area contributed by atoms with Gasteiger partial charge in [0.1, 0.15) is 11.4 Å². The van der Waals surface area contributed by atoms with Crippen molar-refractivity contribution >= 4 is 11.5 Å². The van der Waals surface area contributed by atoms with Gasteiger partial charge >= 0.3 is 0 Å². The molecule has 4 aliphatic carbocycles. The van der Waals surface area contributed by atoms with E-state index < -0.39 is 5.60 Å². The van der Waals surface area contributed by atoms with E-state index in [-0.39, 0.29) is 17.6 Å².